The Labute approximate surface area is 144 Å². The molecule has 4 nitrogen and oxygen atoms in total. The highest BCUT2D eigenvalue weighted by atomic mass is 16.5. The molecule has 2 rings (SSSR count). The molecule has 0 spiro atoms. The SMILES string of the molecule is CCCc1ccc(OCNC(=O)N(CC)Cc2ccccc2)cc1. The second kappa shape index (κ2) is 9.60. The highest BCUT2D eigenvalue weighted by Gasteiger charge is 2.11. The van der Waals surface area contributed by atoms with E-state index in [1.165, 1.54) is 5.56 Å². The van der Waals surface area contributed by atoms with Gasteiger partial charge < -0.3 is 15.0 Å². The molecule has 0 aromatic heterocycles. The summed E-state index contributed by atoms with van der Waals surface area (Å²) in [5, 5.41) is 2.81. The van der Waals surface area contributed by atoms with E-state index >= 15 is 0 Å². The molecular weight excluding hydrogens is 300 g/mol. The van der Waals surface area contributed by atoms with E-state index < -0.39 is 0 Å². The van der Waals surface area contributed by atoms with Crippen molar-refractivity contribution < 1.29 is 9.53 Å². The lowest BCUT2D eigenvalue weighted by atomic mass is 10.1. The predicted molar refractivity (Wildman–Crippen MR) is 97.0 cm³/mol. The lowest BCUT2D eigenvalue weighted by Gasteiger charge is -2.21. The van der Waals surface area contributed by atoms with Crippen LogP contribution in [-0.2, 0) is 13.0 Å². The third kappa shape index (κ3) is 5.61. The number of aryl methyl sites for hydroxylation is 1. The average Bonchev–Trinajstić information content (AvgIpc) is 2.62. The van der Waals surface area contributed by atoms with Crippen molar-refractivity contribution in [3.05, 3.63) is 65.7 Å². The van der Waals surface area contributed by atoms with Crippen LogP contribution in [0.25, 0.3) is 0 Å². The van der Waals surface area contributed by atoms with Crippen LogP contribution in [0.5, 0.6) is 5.75 Å². The monoisotopic (exact) mass is 326 g/mol. The molecule has 0 bridgehead atoms. The highest BCUT2D eigenvalue weighted by molar-refractivity contribution is 5.74. The normalized spacial score (nSPS) is 10.2. The molecule has 0 aliphatic carbocycles. The van der Waals surface area contributed by atoms with E-state index in [0.29, 0.717) is 13.1 Å². The van der Waals surface area contributed by atoms with Crippen molar-refractivity contribution in [2.75, 3.05) is 13.3 Å². The Bertz CT molecular complexity index is 611. The molecule has 2 amide bonds. The van der Waals surface area contributed by atoms with Crippen LogP contribution >= 0.6 is 0 Å². The number of benzene rings is 2. The maximum atomic E-state index is 12.2. The van der Waals surface area contributed by atoms with Crippen molar-refractivity contribution >= 4 is 6.03 Å². The molecule has 1 N–H and O–H groups in total. The molecule has 2 aromatic rings. The molecule has 0 saturated heterocycles. The van der Waals surface area contributed by atoms with E-state index in [2.05, 4.69) is 24.4 Å². The summed E-state index contributed by atoms with van der Waals surface area (Å²) in [6.07, 6.45) is 2.20. The smallest absolute Gasteiger partial charge is 0.320 e. The fraction of sp³-hybridized carbons (Fsp3) is 0.350. The lowest BCUT2D eigenvalue weighted by Crippen LogP contribution is -2.41. The van der Waals surface area contributed by atoms with Crippen LogP contribution in [-0.4, -0.2) is 24.2 Å². The summed E-state index contributed by atoms with van der Waals surface area (Å²) in [7, 11) is 0. The van der Waals surface area contributed by atoms with Gasteiger partial charge in [0.1, 0.15) is 5.75 Å². The molecule has 128 valence electrons. The van der Waals surface area contributed by atoms with Crippen molar-refractivity contribution in [2.45, 2.75) is 33.2 Å². The molecular formula is C20H26N2O2. The van der Waals surface area contributed by atoms with Crippen LogP contribution in [0.2, 0.25) is 0 Å². The molecule has 0 aliphatic heterocycles. The highest BCUT2D eigenvalue weighted by Crippen LogP contribution is 2.13. The van der Waals surface area contributed by atoms with Gasteiger partial charge in [0.2, 0.25) is 0 Å². The number of rotatable bonds is 8. The van der Waals surface area contributed by atoms with E-state index in [9.17, 15) is 4.79 Å². The topological polar surface area (TPSA) is 41.6 Å². The third-order valence-electron chi connectivity index (χ3n) is 3.81. The lowest BCUT2D eigenvalue weighted by molar-refractivity contribution is 0.184. The number of hydrogen-bond acceptors (Lipinski definition) is 2. The summed E-state index contributed by atoms with van der Waals surface area (Å²) in [6.45, 7) is 5.53. The Morgan fingerprint density at radius 1 is 1.00 bits per heavy atom. The van der Waals surface area contributed by atoms with Crippen LogP contribution in [0, 0.1) is 0 Å². The molecule has 0 radical (unpaired) electrons. The maximum Gasteiger partial charge on any atom is 0.320 e. The molecule has 0 heterocycles. The first kappa shape index (κ1) is 17.9. The predicted octanol–water partition coefficient (Wildman–Crippen LogP) is 4.21. The zero-order valence-electron chi connectivity index (χ0n) is 14.5. The van der Waals surface area contributed by atoms with Gasteiger partial charge in [-0.15, -0.1) is 0 Å². The van der Waals surface area contributed by atoms with E-state index in [1.807, 2.05) is 49.4 Å². The number of hydrogen-bond donors (Lipinski definition) is 1. The van der Waals surface area contributed by atoms with Gasteiger partial charge in [-0.05, 0) is 36.6 Å². The number of carbonyl (C=O) groups is 1. The van der Waals surface area contributed by atoms with Crippen molar-refractivity contribution in [1.82, 2.24) is 10.2 Å². The Morgan fingerprint density at radius 2 is 1.71 bits per heavy atom. The van der Waals surface area contributed by atoms with Crippen molar-refractivity contribution in [1.29, 1.82) is 0 Å². The Balaban J connectivity index is 1.78. The third-order valence-corrected chi connectivity index (χ3v) is 3.81. The van der Waals surface area contributed by atoms with Gasteiger partial charge in [0.15, 0.2) is 6.73 Å². The van der Waals surface area contributed by atoms with E-state index in [4.69, 9.17) is 4.74 Å². The Kier molecular flexibility index (Phi) is 7.15. The second-order valence-electron chi connectivity index (χ2n) is 5.66. The average molecular weight is 326 g/mol. The first-order chi connectivity index (χ1) is 11.7. The fourth-order valence-corrected chi connectivity index (χ4v) is 2.46. The Hall–Kier alpha value is -2.49. The zero-order chi connectivity index (χ0) is 17.2. The summed E-state index contributed by atoms with van der Waals surface area (Å²) in [5.74, 6) is 0.765. The maximum absolute atomic E-state index is 12.2. The molecule has 4 heteroatoms. The van der Waals surface area contributed by atoms with Gasteiger partial charge in [-0.2, -0.15) is 0 Å². The molecule has 0 unspecified atom stereocenters. The molecule has 0 aliphatic rings. The number of urea groups is 1. The summed E-state index contributed by atoms with van der Waals surface area (Å²) >= 11 is 0. The zero-order valence-corrected chi connectivity index (χ0v) is 14.5. The fourth-order valence-electron chi connectivity index (χ4n) is 2.46. The van der Waals surface area contributed by atoms with Crippen molar-refractivity contribution in [3.8, 4) is 5.75 Å². The van der Waals surface area contributed by atoms with Crippen LogP contribution in [0.4, 0.5) is 4.79 Å². The molecule has 2 aromatic carbocycles. The van der Waals surface area contributed by atoms with Gasteiger partial charge >= 0.3 is 6.03 Å². The minimum absolute atomic E-state index is 0.121. The van der Waals surface area contributed by atoms with Gasteiger partial charge in [-0.1, -0.05) is 55.8 Å². The van der Waals surface area contributed by atoms with Gasteiger partial charge in [-0.3, -0.25) is 0 Å². The number of nitrogens with zero attached hydrogens (tertiary/aromatic N) is 1. The summed E-state index contributed by atoms with van der Waals surface area (Å²) < 4.78 is 5.60. The largest absolute Gasteiger partial charge is 0.473 e. The number of ether oxygens (including phenoxy) is 1. The Morgan fingerprint density at radius 3 is 2.33 bits per heavy atom. The van der Waals surface area contributed by atoms with Gasteiger partial charge in [0, 0.05) is 13.1 Å². The molecule has 0 saturated carbocycles. The standard InChI is InChI=1S/C20H26N2O2/c1-3-8-17-11-13-19(14-12-17)24-16-21-20(23)22(4-2)15-18-9-6-5-7-10-18/h5-7,9-14H,3-4,8,15-16H2,1-2H3,(H,21,23). The number of carbonyl (C=O) groups excluding carboxylic acids is 1. The summed E-state index contributed by atoms with van der Waals surface area (Å²) in [4.78, 5) is 14.0. The van der Waals surface area contributed by atoms with Gasteiger partial charge in [-0.25, -0.2) is 4.79 Å². The van der Waals surface area contributed by atoms with E-state index in [0.717, 1.165) is 24.2 Å². The first-order valence-electron chi connectivity index (χ1n) is 8.51. The van der Waals surface area contributed by atoms with Gasteiger partial charge in [0.05, 0.1) is 0 Å². The van der Waals surface area contributed by atoms with E-state index in [1.54, 1.807) is 4.90 Å². The second-order valence-corrected chi connectivity index (χ2v) is 5.66. The van der Waals surface area contributed by atoms with Crippen LogP contribution in [0.15, 0.2) is 54.6 Å². The number of amides is 2. The summed E-state index contributed by atoms with van der Waals surface area (Å²) in [6, 6.07) is 17.9. The van der Waals surface area contributed by atoms with Crippen LogP contribution in [0.1, 0.15) is 31.4 Å². The minimum Gasteiger partial charge on any atom is -0.473 e. The quantitative estimate of drug-likeness (QED) is 0.738. The van der Waals surface area contributed by atoms with Gasteiger partial charge in [0.25, 0.3) is 0 Å². The molecule has 0 fully saturated rings. The first-order valence-corrected chi connectivity index (χ1v) is 8.51. The molecule has 24 heavy (non-hydrogen) atoms. The van der Waals surface area contributed by atoms with Crippen LogP contribution < -0.4 is 10.1 Å². The van der Waals surface area contributed by atoms with Crippen molar-refractivity contribution in [3.63, 3.8) is 0 Å². The summed E-state index contributed by atoms with van der Waals surface area (Å²) in [5.41, 5.74) is 2.41. The minimum atomic E-state index is -0.121. The van der Waals surface area contributed by atoms with Crippen molar-refractivity contribution in [2.24, 2.45) is 0 Å². The van der Waals surface area contributed by atoms with Crippen LogP contribution in [0.3, 0.4) is 0 Å². The number of nitrogens with one attached hydrogen (secondary N) is 1. The molecule has 0 atom stereocenters. The van der Waals surface area contributed by atoms with E-state index in [-0.39, 0.29) is 12.8 Å².